The summed E-state index contributed by atoms with van der Waals surface area (Å²) in [6.07, 6.45) is 5.40. The summed E-state index contributed by atoms with van der Waals surface area (Å²) in [5, 5.41) is 3.53. The molecule has 1 aromatic heterocycles. The highest BCUT2D eigenvalue weighted by Gasteiger charge is 2.26. The van der Waals surface area contributed by atoms with Crippen LogP contribution in [0.1, 0.15) is 43.6 Å². The first-order chi connectivity index (χ1) is 9.11. The van der Waals surface area contributed by atoms with Gasteiger partial charge in [-0.2, -0.15) is 0 Å². The Labute approximate surface area is 114 Å². The highest BCUT2D eigenvalue weighted by Crippen LogP contribution is 2.31. The zero-order valence-corrected chi connectivity index (χ0v) is 11.8. The Bertz CT molecular complexity index is 448. The molecule has 0 aliphatic heterocycles. The number of hydrogen-bond donors (Lipinski definition) is 1. The second-order valence-electron chi connectivity index (χ2n) is 5.44. The molecule has 0 aromatic carbocycles. The van der Waals surface area contributed by atoms with Crippen LogP contribution in [0.5, 0.6) is 0 Å². The van der Waals surface area contributed by atoms with Crippen molar-refractivity contribution in [2.24, 2.45) is 11.8 Å². The van der Waals surface area contributed by atoms with Crippen LogP contribution in [-0.4, -0.2) is 24.1 Å². The molecule has 0 bridgehead atoms. The number of carbonyl (C=O) groups excluding carboxylic acids is 1. The molecule has 4 heteroatoms. The maximum Gasteiger partial charge on any atom is 0.356 e. The second kappa shape index (κ2) is 6.04. The molecular formula is C15H22N2O2. The van der Waals surface area contributed by atoms with E-state index in [0.717, 1.165) is 11.6 Å². The van der Waals surface area contributed by atoms with Gasteiger partial charge in [-0.25, -0.2) is 9.78 Å². The van der Waals surface area contributed by atoms with Gasteiger partial charge in [0.15, 0.2) is 0 Å². The quantitative estimate of drug-likeness (QED) is 0.850. The topological polar surface area (TPSA) is 51.2 Å². The van der Waals surface area contributed by atoms with Crippen molar-refractivity contribution >= 4 is 11.7 Å². The summed E-state index contributed by atoms with van der Waals surface area (Å²) >= 11 is 0. The highest BCUT2D eigenvalue weighted by molar-refractivity contribution is 5.88. The zero-order valence-electron chi connectivity index (χ0n) is 11.8. The SMILES string of the molecule is COC(=O)c1cc(NC2CCCC(C)C2C)ccn1. The molecule has 1 fully saturated rings. The maximum atomic E-state index is 11.5. The first-order valence-corrected chi connectivity index (χ1v) is 6.92. The molecule has 0 radical (unpaired) electrons. The Hall–Kier alpha value is -1.58. The summed E-state index contributed by atoms with van der Waals surface area (Å²) in [6, 6.07) is 4.13. The number of rotatable bonds is 3. The maximum absolute atomic E-state index is 11.5. The Kier molecular flexibility index (Phi) is 4.40. The molecule has 19 heavy (non-hydrogen) atoms. The standard InChI is InChI=1S/C15H22N2O2/c1-10-5-4-6-13(11(10)2)17-12-7-8-16-14(9-12)15(18)19-3/h7-11,13H,4-6H2,1-3H3,(H,16,17). The number of aromatic nitrogens is 1. The average Bonchev–Trinajstić information content (AvgIpc) is 2.43. The van der Waals surface area contributed by atoms with Gasteiger partial charge in [0.05, 0.1) is 7.11 Å². The fraction of sp³-hybridized carbons (Fsp3) is 0.600. The van der Waals surface area contributed by atoms with E-state index in [-0.39, 0.29) is 0 Å². The lowest BCUT2D eigenvalue weighted by atomic mass is 9.78. The summed E-state index contributed by atoms with van der Waals surface area (Å²) in [4.78, 5) is 15.5. The molecule has 0 amide bonds. The van der Waals surface area contributed by atoms with Crippen LogP contribution in [0.4, 0.5) is 5.69 Å². The fourth-order valence-electron chi connectivity index (χ4n) is 2.74. The van der Waals surface area contributed by atoms with Gasteiger partial charge in [-0.1, -0.05) is 26.7 Å². The van der Waals surface area contributed by atoms with Gasteiger partial charge in [-0.15, -0.1) is 0 Å². The summed E-state index contributed by atoms with van der Waals surface area (Å²) in [5.74, 6) is 0.991. The lowest BCUT2D eigenvalue weighted by Crippen LogP contribution is -2.35. The monoisotopic (exact) mass is 262 g/mol. The molecule has 104 valence electrons. The normalized spacial score (nSPS) is 26.8. The van der Waals surface area contributed by atoms with E-state index in [4.69, 9.17) is 4.74 Å². The van der Waals surface area contributed by atoms with Gasteiger partial charge in [-0.3, -0.25) is 0 Å². The highest BCUT2D eigenvalue weighted by atomic mass is 16.5. The lowest BCUT2D eigenvalue weighted by molar-refractivity contribution is 0.0594. The summed E-state index contributed by atoms with van der Waals surface area (Å²) in [5.41, 5.74) is 1.30. The van der Waals surface area contributed by atoms with Crippen LogP contribution in [0.3, 0.4) is 0 Å². The van der Waals surface area contributed by atoms with Crippen LogP contribution in [0.15, 0.2) is 18.3 Å². The predicted molar refractivity (Wildman–Crippen MR) is 75.2 cm³/mol. The number of carbonyl (C=O) groups is 1. The Morgan fingerprint density at radius 1 is 1.42 bits per heavy atom. The minimum Gasteiger partial charge on any atom is -0.464 e. The lowest BCUT2D eigenvalue weighted by Gasteiger charge is -2.35. The Morgan fingerprint density at radius 2 is 2.21 bits per heavy atom. The van der Waals surface area contributed by atoms with Crippen molar-refractivity contribution in [1.29, 1.82) is 0 Å². The number of pyridine rings is 1. The van der Waals surface area contributed by atoms with E-state index >= 15 is 0 Å². The third kappa shape index (κ3) is 3.25. The van der Waals surface area contributed by atoms with Gasteiger partial charge in [0, 0.05) is 17.9 Å². The van der Waals surface area contributed by atoms with Crippen LogP contribution >= 0.6 is 0 Å². The Morgan fingerprint density at radius 3 is 2.95 bits per heavy atom. The van der Waals surface area contributed by atoms with E-state index < -0.39 is 5.97 Å². The van der Waals surface area contributed by atoms with Gasteiger partial charge >= 0.3 is 5.97 Å². The third-order valence-electron chi connectivity index (χ3n) is 4.21. The van der Waals surface area contributed by atoms with E-state index in [2.05, 4.69) is 24.1 Å². The van der Waals surface area contributed by atoms with Crippen LogP contribution in [0, 0.1) is 11.8 Å². The van der Waals surface area contributed by atoms with Crippen LogP contribution in [-0.2, 0) is 4.74 Å². The largest absolute Gasteiger partial charge is 0.464 e. The van der Waals surface area contributed by atoms with Gasteiger partial charge in [-0.05, 0) is 30.4 Å². The van der Waals surface area contributed by atoms with Crippen molar-refractivity contribution in [3.8, 4) is 0 Å². The van der Waals surface area contributed by atoms with E-state index in [9.17, 15) is 4.79 Å². The molecule has 1 aromatic rings. The molecular weight excluding hydrogens is 240 g/mol. The number of methoxy groups -OCH3 is 1. The molecule has 0 spiro atoms. The molecule has 1 N–H and O–H groups in total. The molecule has 1 aliphatic rings. The first-order valence-electron chi connectivity index (χ1n) is 6.92. The van der Waals surface area contributed by atoms with Gasteiger partial charge in [0.1, 0.15) is 5.69 Å². The van der Waals surface area contributed by atoms with Crippen molar-refractivity contribution in [3.63, 3.8) is 0 Å². The van der Waals surface area contributed by atoms with E-state index in [1.54, 1.807) is 12.3 Å². The minimum absolute atomic E-state index is 0.351. The minimum atomic E-state index is -0.395. The number of nitrogens with one attached hydrogen (secondary N) is 1. The molecule has 1 saturated carbocycles. The smallest absolute Gasteiger partial charge is 0.356 e. The van der Waals surface area contributed by atoms with Crippen molar-refractivity contribution in [2.75, 3.05) is 12.4 Å². The van der Waals surface area contributed by atoms with E-state index in [1.807, 2.05) is 6.07 Å². The number of esters is 1. The average molecular weight is 262 g/mol. The van der Waals surface area contributed by atoms with Gasteiger partial charge in [0.2, 0.25) is 0 Å². The third-order valence-corrected chi connectivity index (χ3v) is 4.21. The molecule has 2 rings (SSSR count). The van der Waals surface area contributed by atoms with Crippen LogP contribution in [0.2, 0.25) is 0 Å². The summed E-state index contributed by atoms with van der Waals surface area (Å²) in [7, 11) is 1.37. The second-order valence-corrected chi connectivity index (χ2v) is 5.44. The molecule has 3 unspecified atom stereocenters. The van der Waals surface area contributed by atoms with Crippen LogP contribution in [0.25, 0.3) is 0 Å². The molecule has 1 heterocycles. The molecule has 1 aliphatic carbocycles. The van der Waals surface area contributed by atoms with Crippen molar-refractivity contribution < 1.29 is 9.53 Å². The van der Waals surface area contributed by atoms with Gasteiger partial charge < -0.3 is 10.1 Å². The molecule has 4 nitrogen and oxygen atoms in total. The fourth-order valence-corrected chi connectivity index (χ4v) is 2.74. The molecule has 3 atom stereocenters. The van der Waals surface area contributed by atoms with Crippen molar-refractivity contribution in [3.05, 3.63) is 24.0 Å². The van der Waals surface area contributed by atoms with Gasteiger partial charge in [0.25, 0.3) is 0 Å². The zero-order chi connectivity index (χ0) is 13.8. The van der Waals surface area contributed by atoms with E-state index in [0.29, 0.717) is 17.7 Å². The predicted octanol–water partition coefficient (Wildman–Crippen LogP) is 3.10. The number of hydrogen-bond acceptors (Lipinski definition) is 4. The first kappa shape index (κ1) is 13.8. The number of ether oxygens (including phenoxy) is 1. The summed E-state index contributed by atoms with van der Waals surface area (Å²) < 4.78 is 4.69. The van der Waals surface area contributed by atoms with Crippen LogP contribution < -0.4 is 5.32 Å². The number of anilines is 1. The van der Waals surface area contributed by atoms with Crippen molar-refractivity contribution in [1.82, 2.24) is 4.98 Å². The van der Waals surface area contributed by atoms with E-state index in [1.165, 1.54) is 26.4 Å². The molecule has 0 saturated heterocycles. The van der Waals surface area contributed by atoms with Crippen molar-refractivity contribution in [2.45, 2.75) is 39.2 Å². The summed E-state index contributed by atoms with van der Waals surface area (Å²) in [6.45, 7) is 4.61. The number of nitrogens with zero attached hydrogens (tertiary/aromatic N) is 1. The Balaban J connectivity index is 2.08.